The lowest BCUT2D eigenvalue weighted by Gasteiger charge is -2.19. The molecule has 0 radical (unpaired) electrons. The standard InChI is InChI=1S/C22H17ClN2O3S2/c1-25(30(27,28)19-8-3-2-4-9-19)18-10-11-20-15(12-18)13-21(29-20)22(26)24-17-7-5-6-16(23)14-17/h2-14H,1H3,(H,24,26). The molecule has 4 aromatic rings. The van der Waals surface area contributed by atoms with Crippen LogP contribution in [0.4, 0.5) is 11.4 Å². The first-order valence-electron chi connectivity index (χ1n) is 8.99. The van der Waals surface area contributed by atoms with Crippen molar-refractivity contribution in [1.29, 1.82) is 0 Å². The van der Waals surface area contributed by atoms with E-state index in [-0.39, 0.29) is 10.8 Å². The number of hydrogen-bond donors (Lipinski definition) is 1. The van der Waals surface area contributed by atoms with E-state index in [9.17, 15) is 13.2 Å². The third kappa shape index (κ3) is 4.05. The summed E-state index contributed by atoms with van der Waals surface area (Å²) < 4.78 is 27.9. The van der Waals surface area contributed by atoms with Crippen molar-refractivity contribution in [3.63, 3.8) is 0 Å². The minimum absolute atomic E-state index is 0.222. The van der Waals surface area contributed by atoms with Crippen molar-refractivity contribution in [1.82, 2.24) is 0 Å². The third-order valence-electron chi connectivity index (χ3n) is 4.57. The molecule has 0 fully saturated rings. The Bertz CT molecular complexity index is 1340. The first kappa shape index (κ1) is 20.4. The zero-order valence-corrected chi connectivity index (χ0v) is 18.3. The Labute approximate surface area is 183 Å². The second kappa shape index (κ2) is 8.10. The zero-order chi connectivity index (χ0) is 21.3. The highest BCUT2D eigenvalue weighted by Crippen LogP contribution is 2.31. The normalized spacial score (nSPS) is 11.4. The van der Waals surface area contributed by atoms with Crippen molar-refractivity contribution in [2.45, 2.75) is 4.90 Å². The van der Waals surface area contributed by atoms with Gasteiger partial charge in [0.1, 0.15) is 0 Å². The van der Waals surface area contributed by atoms with Gasteiger partial charge in [-0.25, -0.2) is 8.42 Å². The van der Waals surface area contributed by atoms with E-state index in [1.54, 1.807) is 72.8 Å². The topological polar surface area (TPSA) is 66.5 Å². The van der Waals surface area contributed by atoms with Gasteiger partial charge in [-0.3, -0.25) is 9.10 Å². The van der Waals surface area contributed by atoms with Crippen molar-refractivity contribution < 1.29 is 13.2 Å². The first-order chi connectivity index (χ1) is 14.3. The van der Waals surface area contributed by atoms with Crippen molar-refractivity contribution in [3.8, 4) is 0 Å². The van der Waals surface area contributed by atoms with Gasteiger partial charge in [0.25, 0.3) is 15.9 Å². The van der Waals surface area contributed by atoms with E-state index in [4.69, 9.17) is 11.6 Å². The SMILES string of the molecule is CN(c1ccc2sc(C(=O)Nc3cccc(Cl)c3)cc2c1)S(=O)(=O)c1ccccc1. The highest BCUT2D eigenvalue weighted by atomic mass is 35.5. The monoisotopic (exact) mass is 456 g/mol. The van der Waals surface area contributed by atoms with Crippen molar-refractivity contribution >= 4 is 60.3 Å². The van der Waals surface area contributed by atoms with Gasteiger partial charge in [0.2, 0.25) is 0 Å². The van der Waals surface area contributed by atoms with Crippen LogP contribution in [0.2, 0.25) is 5.02 Å². The molecule has 0 saturated heterocycles. The maximum atomic E-state index is 12.9. The number of sulfonamides is 1. The smallest absolute Gasteiger partial charge is 0.265 e. The maximum absolute atomic E-state index is 12.9. The Kier molecular flexibility index (Phi) is 5.51. The van der Waals surface area contributed by atoms with Crippen LogP contribution in [0.25, 0.3) is 10.1 Å². The summed E-state index contributed by atoms with van der Waals surface area (Å²) in [5, 5.41) is 4.16. The number of halogens is 1. The Balaban J connectivity index is 1.62. The van der Waals surface area contributed by atoms with E-state index < -0.39 is 10.0 Å². The van der Waals surface area contributed by atoms with Crippen LogP contribution in [0.5, 0.6) is 0 Å². The van der Waals surface area contributed by atoms with E-state index >= 15 is 0 Å². The number of carbonyl (C=O) groups excluding carboxylic acids is 1. The van der Waals surface area contributed by atoms with E-state index in [2.05, 4.69) is 5.32 Å². The minimum Gasteiger partial charge on any atom is -0.321 e. The first-order valence-corrected chi connectivity index (χ1v) is 11.6. The van der Waals surface area contributed by atoms with Crippen molar-refractivity contribution in [3.05, 3.63) is 88.8 Å². The molecule has 0 unspecified atom stereocenters. The van der Waals surface area contributed by atoms with Crippen LogP contribution in [0.3, 0.4) is 0 Å². The minimum atomic E-state index is -3.67. The molecule has 4 rings (SSSR count). The van der Waals surface area contributed by atoms with E-state index in [1.165, 1.54) is 22.7 Å². The molecule has 3 aromatic carbocycles. The number of rotatable bonds is 5. The van der Waals surface area contributed by atoms with Crippen LogP contribution in [0.15, 0.2) is 83.8 Å². The molecule has 0 bridgehead atoms. The van der Waals surface area contributed by atoms with E-state index in [0.29, 0.717) is 21.3 Å². The number of anilines is 2. The summed E-state index contributed by atoms with van der Waals surface area (Å²) in [7, 11) is -2.15. The van der Waals surface area contributed by atoms with Crippen molar-refractivity contribution in [2.24, 2.45) is 0 Å². The zero-order valence-electron chi connectivity index (χ0n) is 15.9. The molecule has 0 atom stereocenters. The maximum Gasteiger partial charge on any atom is 0.265 e. The van der Waals surface area contributed by atoms with Crippen LogP contribution in [0, 0.1) is 0 Å². The van der Waals surface area contributed by atoms with Crippen molar-refractivity contribution in [2.75, 3.05) is 16.7 Å². The van der Waals surface area contributed by atoms with Gasteiger partial charge in [-0.1, -0.05) is 35.9 Å². The summed E-state index contributed by atoms with van der Waals surface area (Å²) in [4.78, 5) is 13.4. The lowest BCUT2D eigenvalue weighted by atomic mass is 10.2. The molecule has 30 heavy (non-hydrogen) atoms. The molecule has 0 aliphatic heterocycles. The molecule has 0 aliphatic carbocycles. The van der Waals surface area contributed by atoms with Gasteiger partial charge in [0.05, 0.1) is 15.5 Å². The van der Waals surface area contributed by atoms with Gasteiger partial charge < -0.3 is 5.32 Å². The van der Waals surface area contributed by atoms with Crippen LogP contribution in [0.1, 0.15) is 9.67 Å². The van der Waals surface area contributed by atoms with Crippen LogP contribution >= 0.6 is 22.9 Å². The highest BCUT2D eigenvalue weighted by Gasteiger charge is 2.21. The molecule has 5 nitrogen and oxygen atoms in total. The lowest BCUT2D eigenvalue weighted by molar-refractivity contribution is 0.103. The number of carbonyl (C=O) groups is 1. The van der Waals surface area contributed by atoms with Gasteiger partial charge in [0, 0.05) is 22.5 Å². The fraction of sp³-hybridized carbons (Fsp3) is 0.0455. The molecule has 1 heterocycles. The molecule has 1 aromatic heterocycles. The number of thiophene rings is 1. The van der Waals surface area contributed by atoms with E-state index in [0.717, 1.165) is 10.1 Å². The summed E-state index contributed by atoms with van der Waals surface area (Å²) >= 11 is 7.30. The molecule has 0 spiro atoms. The Hall–Kier alpha value is -2.87. The summed E-state index contributed by atoms with van der Waals surface area (Å²) in [5.41, 5.74) is 1.13. The number of hydrogen-bond acceptors (Lipinski definition) is 4. The molecule has 1 amide bonds. The lowest BCUT2D eigenvalue weighted by Crippen LogP contribution is -2.26. The second-order valence-corrected chi connectivity index (χ2v) is 10.1. The predicted octanol–water partition coefficient (Wildman–Crippen LogP) is 5.63. The summed E-state index contributed by atoms with van der Waals surface area (Å²) in [6, 6.07) is 22.3. The molecule has 0 saturated carbocycles. The molecular weight excluding hydrogens is 440 g/mol. The van der Waals surface area contributed by atoms with Crippen LogP contribution in [-0.2, 0) is 10.0 Å². The molecular formula is C22H17ClN2O3S2. The fourth-order valence-corrected chi connectivity index (χ4v) is 5.32. The van der Waals surface area contributed by atoms with Gasteiger partial charge in [-0.2, -0.15) is 0 Å². The predicted molar refractivity (Wildman–Crippen MR) is 123 cm³/mol. The second-order valence-electron chi connectivity index (χ2n) is 6.58. The number of fused-ring (bicyclic) bond motifs is 1. The number of nitrogens with one attached hydrogen (secondary N) is 1. The Morgan fingerprint density at radius 3 is 2.47 bits per heavy atom. The van der Waals surface area contributed by atoms with Gasteiger partial charge >= 0.3 is 0 Å². The average molecular weight is 457 g/mol. The van der Waals surface area contributed by atoms with Crippen LogP contribution < -0.4 is 9.62 Å². The number of nitrogens with zero attached hydrogens (tertiary/aromatic N) is 1. The van der Waals surface area contributed by atoms with Gasteiger partial charge in [0.15, 0.2) is 0 Å². The van der Waals surface area contributed by atoms with Gasteiger partial charge in [-0.15, -0.1) is 11.3 Å². The van der Waals surface area contributed by atoms with Crippen LogP contribution in [-0.4, -0.2) is 21.4 Å². The Morgan fingerprint density at radius 1 is 0.967 bits per heavy atom. The Morgan fingerprint density at radius 2 is 1.73 bits per heavy atom. The van der Waals surface area contributed by atoms with Gasteiger partial charge in [-0.05, 0) is 60.0 Å². The molecule has 8 heteroatoms. The third-order valence-corrected chi connectivity index (χ3v) is 7.72. The van der Waals surface area contributed by atoms with E-state index in [1.807, 2.05) is 6.07 Å². The summed E-state index contributed by atoms with van der Waals surface area (Å²) in [6.07, 6.45) is 0. The molecule has 1 N–H and O–H groups in total. The quantitative estimate of drug-likeness (QED) is 0.423. The fourth-order valence-electron chi connectivity index (χ4n) is 2.99. The summed E-state index contributed by atoms with van der Waals surface area (Å²) in [5.74, 6) is -0.245. The average Bonchev–Trinajstić information content (AvgIpc) is 3.17. The molecule has 0 aliphatic rings. The molecule has 152 valence electrons. The summed E-state index contributed by atoms with van der Waals surface area (Å²) in [6.45, 7) is 0. The number of amides is 1. The largest absolute Gasteiger partial charge is 0.321 e. The highest BCUT2D eigenvalue weighted by molar-refractivity contribution is 7.92. The number of benzene rings is 3.